The molecule has 0 saturated carbocycles. The topological polar surface area (TPSA) is 291 Å². The van der Waals surface area contributed by atoms with Crippen LogP contribution in [-0.4, -0.2) is 105 Å². The first-order chi connectivity index (χ1) is 33.4. The molecule has 0 fully saturated rings. The highest BCUT2D eigenvalue weighted by atomic mass is 35.5. The van der Waals surface area contributed by atoms with Gasteiger partial charge >= 0.3 is 8.09 Å². The summed E-state index contributed by atoms with van der Waals surface area (Å²) < 4.78 is 137. The number of anilines is 1. The summed E-state index contributed by atoms with van der Waals surface area (Å²) in [6.45, 7) is 8.96. The second-order valence-electron chi connectivity index (χ2n) is 19.4. The fourth-order valence-corrected chi connectivity index (χ4v) is 13.5. The average molecular weight is 1120 g/mol. The van der Waals surface area contributed by atoms with Gasteiger partial charge in [-0.05, 0) is 124 Å². The maximum Gasteiger partial charge on any atom is 0.493 e. The van der Waals surface area contributed by atoms with Crippen LogP contribution in [0.1, 0.15) is 109 Å². The highest BCUT2D eigenvalue weighted by Crippen LogP contribution is 2.50. The van der Waals surface area contributed by atoms with Crippen molar-refractivity contribution in [3.05, 3.63) is 106 Å². The minimum atomic E-state index is -4.51. The van der Waals surface area contributed by atoms with E-state index in [2.05, 4.69) is 9.30 Å². The van der Waals surface area contributed by atoms with Crippen molar-refractivity contribution in [1.82, 2.24) is 4.72 Å². The van der Waals surface area contributed by atoms with Crippen LogP contribution in [0, 0.1) is 0 Å². The van der Waals surface area contributed by atoms with Gasteiger partial charge in [0.1, 0.15) is 6.54 Å². The van der Waals surface area contributed by atoms with Crippen LogP contribution >= 0.6 is 19.7 Å². The Hall–Kier alpha value is -3.45. The molecule has 3 aromatic rings. The maximum absolute atomic E-state index is 13.8. The van der Waals surface area contributed by atoms with E-state index in [-0.39, 0.29) is 35.8 Å². The molecule has 3 aromatic carbocycles. The third kappa shape index (κ3) is 14.3. The Morgan fingerprint density at radius 1 is 0.792 bits per heavy atom. The second-order valence-corrected chi connectivity index (χ2v) is 27.5. The van der Waals surface area contributed by atoms with Gasteiger partial charge in [0.15, 0.2) is 5.71 Å². The summed E-state index contributed by atoms with van der Waals surface area (Å²) in [7, 11) is -20.6. The number of sulfonamides is 1. The number of allylic oxidation sites excluding steroid dienone is 8. The van der Waals surface area contributed by atoms with Gasteiger partial charge in [0.2, 0.25) is 15.7 Å². The standard InChI is InChI=1S/C48H64ClN4O14PS4/c1-47(2)39-33-36(72(64,65)66)21-23-40(39)52(28-8-11-31-69(56,57)58)43(47)25-19-34-15-13-16-35(46(34)49)20-26-44-48(3,4)45-38-17-14-18-42(71(62,63)51-27-7-5-6-10-30-67-68(50,54)55)37(38)22-24-41(45)53(44)29-9-12-32-70(59,60)61/h14,17-26,33,51,54-55H,5-13,15-16,27-32,50H2,1-4H3,(H-2,56,57,58,59,60,61,64,65,66)/p+2. The van der Waals surface area contributed by atoms with Crippen LogP contribution in [0.4, 0.5) is 11.4 Å². The molecule has 0 saturated heterocycles. The van der Waals surface area contributed by atoms with E-state index in [1.165, 1.54) is 12.1 Å². The molecule has 396 valence electrons. The number of halogens is 1. The van der Waals surface area contributed by atoms with Crippen molar-refractivity contribution < 1.29 is 66.2 Å². The lowest BCUT2D eigenvalue weighted by Crippen LogP contribution is -2.28. The summed E-state index contributed by atoms with van der Waals surface area (Å²) in [5.74, 6) is -0.813. The van der Waals surface area contributed by atoms with Gasteiger partial charge in [-0.1, -0.05) is 62.6 Å². The van der Waals surface area contributed by atoms with Crippen molar-refractivity contribution in [2.75, 3.05) is 42.6 Å². The number of hydrogen-bond donors (Lipinski definition) is 7. The lowest BCUT2D eigenvalue weighted by atomic mass is 9.78. The largest absolute Gasteiger partial charge is 0.493 e. The van der Waals surface area contributed by atoms with Gasteiger partial charge in [-0.15, -0.1) is 5.50 Å². The van der Waals surface area contributed by atoms with Crippen LogP contribution in [0.5, 0.6) is 0 Å². The Morgan fingerprint density at radius 2 is 1.47 bits per heavy atom. The molecule has 24 heteroatoms. The zero-order valence-corrected chi connectivity index (χ0v) is 45.7. The van der Waals surface area contributed by atoms with Crippen molar-refractivity contribution in [2.45, 2.75) is 119 Å². The maximum atomic E-state index is 13.8. The zero-order chi connectivity index (χ0) is 53.1. The highest BCUT2D eigenvalue weighted by Gasteiger charge is 2.46. The van der Waals surface area contributed by atoms with Crippen LogP contribution in [0.2, 0.25) is 0 Å². The molecular formula is C48H66ClN4O14PS4+2. The van der Waals surface area contributed by atoms with Crippen LogP contribution in [0.3, 0.4) is 0 Å². The molecule has 0 amide bonds. The van der Waals surface area contributed by atoms with Crippen molar-refractivity contribution >= 4 is 87.9 Å². The number of hydrogen-bond acceptors (Lipinski definition) is 13. The van der Waals surface area contributed by atoms with E-state index < -0.39 is 70.8 Å². The van der Waals surface area contributed by atoms with E-state index in [0.29, 0.717) is 86.1 Å². The smallest absolute Gasteiger partial charge is 0.344 e. The highest BCUT2D eigenvalue weighted by molar-refractivity contribution is 7.89. The Kier molecular flexibility index (Phi) is 18.3. The third-order valence-corrected chi connectivity index (χ3v) is 18.4. The predicted octanol–water partition coefficient (Wildman–Crippen LogP) is 8.12. The first-order valence-electron chi connectivity index (χ1n) is 23.7. The summed E-state index contributed by atoms with van der Waals surface area (Å²) in [4.78, 5) is 20.2. The molecule has 0 atom stereocenters. The van der Waals surface area contributed by atoms with Crippen LogP contribution < -0.4 is 15.1 Å². The van der Waals surface area contributed by atoms with E-state index in [1.807, 2.05) is 69.0 Å². The first-order valence-corrected chi connectivity index (χ1v) is 31.9. The van der Waals surface area contributed by atoms with E-state index in [9.17, 15) is 57.1 Å². The van der Waals surface area contributed by atoms with E-state index >= 15 is 0 Å². The molecule has 0 aromatic heterocycles. The minimum Gasteiger partial charge on any atom is -0.344 e. The summed E-state index contributed by atoms with van der Waals surface area (Å²) in [5, 5.41) is 1.79. The second kappa shape index (κ2) is 22.8. The third-order valence-electron chi connectivity index (χ3n) is 13.4. The fourth-order valence-electron chi connectivity index (χ4n) is 9.86. The normalized spacial score (nSPS) is 18.6. The Morgan fingerprint density at radius 3 is 2.14 bits per heavy atom. The number of benzene rings is 3. The average Bonchev–Trinajstić information content (AvgIpc) is 3.62. The summed E-state index contributed by atoms with van der Waals surface area (Å²) in [5.41, 5.74) is 10.0. The van der Waals surface area contributed by atoms with Crippen molar-refractivity contribution in [3.63, 3.8) is 0 Å². The van der Waals surface area contributed by atoms with E-state index in [0.717, 1.165) is 45.6 Å². The molecular weight excluding hydrogens is 1050 g/mol. The fraction of sp³-hybridized carbons (Fsp3) is 0.479. The van der Waals surface area contributed by atoms with Gasteiger partial charge in [0.05, 0.1) is 33.3 Å². The number of nitrogens with two attached hydrogens (primary N) is 1. The van der Waals surface area contributed by atoms with Crippen LogP contribution in [-0.2, 0) is 55.7 Å². The van der Waals surface area contributed by atoms with Crippen molar-refractivity contribution in [1.29, 1.82) is 0 Å². The molecule has 1 aliphatic carbocycles. The quantitative estimate of drug-likeness (QED) is 0.0193. The molecule has 72 heavy (non-hydrogen) atoms. The molecule has 2 heterocycles. The first kappa shape index (κ1) is 57.8. The SMILES string of the molecule is CC1(C)C(/C=C/C2=C(Cl)C(=C/C=C3/N(CCCCS(=O)(=O)O)c4ccc(S(=O)(=O)O)cc4C3(C)C)/CCC2)=[N+](CCCCS(=O)(=O)O)c2ccc3c(S(=O)(=O)NCCCCCCO[P+](N)(O)O)cccc3c21. The lowest BCUT2D eigenvalue weighted by Gasteiger charge is -2.27. The van der Waals surface area contributed by atoms with Gasteiger partial charge in [-0.2, -0.15) is 44.1 Å². The summed E-state index contributed by atoms with van der Waals surface area (Å²) >= 11 is 7.25. The number of nitrogens with one attached hydrogen (secondary N) is 1. The molecule has 2 aliphatic heterocycles. The molecule has 6 rings (SSSR count). The summed E-state index contributed by atoms with van der Waals surface area (Å²) in [6.07, 6.45) is 13.5. The minimum absolute atomic E-state index is 0.0820. The zero-order valence-electron chi connectivity index (χ0n) is 40.8. The van der Waals surface area contributed by atoms with E-state index in [1.54, 1.807) is 24.3 Å². The van der Waals surface area contributed by atoms with Gasteiger partial charge < -0.3 is 4.90 Å². The number of nitrogens with zero attached hydrogens (tertiary/aromatic N) is 2. The number of unbranched alkanes of at least 4 members (excludes halogenated alkanes) is 5. The molecule has 18 nitrogen and oxygen atoms in total. The molecule has 0 unspecified atom stereocenters. The molecule has 0 radical (unpaired) electrons. The van der Waals surface area contributed by atoms with Gasteiger partial charge in [0.25, 0.3) is 30.4 Å². The van der Waals surface area contributed by atoms with E-state index in [4.69, 9.17) is 21.6 Å². The Labute approximate surface area is 429 Å². The summed E-state index contributed by atoms with van der Waals surface area (Å²) in [6, 6.07) is 13.2. The molecule has 0 bridgehead atoms. The van der Waals surface area contributed by atoms with Crippen LogP contribution in [0.25, 0.3) is 10.8 Å². The molecule has 0 spiro atoms. The number of rotatable bonds is 24. The van der Waals surface area contributed by atoms with Gasteiger partial charge in [-0.3, -0.25) is 13.7 Å². The molecule has 3 aliphatic rings. The van der Waals surface area contributed by atoms with Gasteiger partial charge in [0, 0.05) is 64.4 Å². The monoisotopic (exact) mass is 1120 g/mol. The lowest BCUT2D eigenvalue weighted by molar-refractivity contribution is -0.438. The Bertz CT molecular complexity index is 3180. The van der Waals surface area contributed by atoms with Crippen molar-refractivity contribution in [2.24, 2.45) is 5.50 Å². The number of fused-ring (bicyclic) bond motifs is 4. The van der Waals surface area contributed by atoms with Crippen molar-refractivity contribution in [3.8, 4) is 0 Å². The molecule has 8 N–H and O–H groups in total. The van der Waals surface area contributed by atoms with Gasteiger partial charge in [-0.25, -0.2) is 13.1 Å². The Balaban J connectivity index is 1.31. The van der Waals surface area contributed by atoms with Crippen LogP contribution in [0.15, 0.2) is 105 Å². The predicted molar refractivity (Wildman–Crippen MR) is 282 cm³/mol.